The Morgan fingerprint density at radius 1 is 1.32 bits per heavy atom. The van der Waals surface area contributed by atoms with E-state index < -0.39 is 23.3 Å². The first-order valence-corrected chi connectivity index (χ1v) is 8.45. The molecule has 0 bridgehead atoms. The van der Waals surface area contributed by atoms with Gasteiger partial charge in [-0.05, 0) is 43.4 Å². The molecule has 25 heavy (non-hydrogen) atoms. The molecule has 2 amide bonds. The summed E-state index contributed by atoms with van der Waals surface area (Å²) in [6.07, 6.45) is 1.50. The number of aliphatic hydroxyl groups excluding tert-OH is 1. The van der Waals surface area contributed by atoms with Crippen molar-refractivity contribution in [1.29, 1.82) is 0 Å². The van der Waals surface area contributed by atoms with Gasteiger partial charge in [-0.3, -0.25) is 9.59 Å². The summed E-state index contributed by atoms with van der Waals surface area (Å²) in [7, 11) is 0. The second kappa shape index (κ2) is 6.48. The molecule has 0 radical (unpaired) electrons. The van der Waals surface area contributed by atoms with Crippen molar-refractivity contribution >= 4 is 23.5 Å². The minimum atomic E-state index is -1.22. The van der Waals surface area contributed by atoms with Crippen molar-refractivity contribution in [2.75, 3.05) is 18.1 Å². The van der Waals surface area contributed by atoms with Crippen LogP contribution in [-0.4, -0.2) is 47.2 Å². The average molecular weight is 346 g/mol. The molecule has 1 fully saturated rings. The number of hydrogen-bond acceptors (Lipinski definition) is 4. The van der Waals surface area contributed by atoms with Crippen LogP contribution in [0.2, 0.25) is 0 Å². The number of fused-ring (bicyclic) bond motifs is 1. The second-order valence-corrected chi connectivity index (χ2v) is 6.80. The van der Waals surface area contributed by atoms with Crippen molar-refractivity contribution in [3.63, 3.8) is 0 Å². The molecule has 1 aliphatic carbocycles. The Morgan fingerprint density at radius 2 is 2.04 bits per heavy atom. The van der Waals surface area contributed by atoms with Crippen LogP contribution >= 0.6 is 0 Å². The van der Waals surface area contributed by atoms with Gasteiger partial charge in [0.1, 0.15) is 11.5 Å². The minimum Gasteiger partial charge on any atom is -0.480 e. The lowest BCUT2D eigenvalue weighted by molar-refractivity contribution is -0.145. The third-order valence-electron chi connectivity index (χ3n) is 5.00. The van der Waals surface area contributed by atoms with Gasteiger partial charge in [0, 0.05) is 25.3 Å². The molecule has 1 heterocycles. The van der Waals surface area contributed by atoms with Crippen molar-refractivity contribution in [2.24, 2.45) is 5.41 Å². The number of aryl methyl sites for hydroxylation is 1. The van der Waals surface area contributed by atoms with Crippen molar-refractivity contribution < 1.29 is 24.6 Å². The molecule has 3 N–H and O–H groups in total. The molecule has 1 aromatic rings. The summed E-state index contributed by atoms with van der Waals surface area (Å²) in [6, 6.07) is 4.76. The number of nitrogens with zero attached hydrogens (tertiary/aromatic N) is 1. The third kappa shape index (κ3) is 3.11. The predicted molar refractivity (Wildman–Crippen MR) is 90.2 cm³/mol. The number of carbonyl (C=O) groups is 3. The number of carbonyl (C=O) groups excluding carboxylic acids is 2. The second-order valence-electron chi connectivity index (χ2n) is 6.80. The maximum absolute atomic E-state index is 13.0. The van der Waals surface area contributed by atoms with Crippen molar-refractivity contribution in [3.8, 4) is 0 Å². The molecule has 1 saturated carbocycles. The summed E-state index contributed by atoms with van der Waals surface area (Å²) < 4.78 is 0. The van der Waals surface area contributed by atoms with Crippen LogP contribution in [0.1, 0.15) is 30.4 Å². The molecule has 7 nitrogen and oxygen atoms in total. The Hall–Kier alpha value is -2.41. The lowest BCUT2D eigenvalue weighted by Gasteiger charge is -2.25. The number of amides is 2. The quantitative estimate of drug-likeness (QED) is 0.655. The largest absolute Gasteiger partial charge is 0.480 e. The number of rotatable bonds is 6. The Kier molecular flexibility index (Phi) is 4.51. The van der Waals surface area contributed by atoms with Crippen LogP contribution in [0, 0.1) is 12.3 Å². The standard InChI is InChI=1S/C18H22N2O5/c1-11-2-3-12-4-8-20(14(12)10-11)17(25)18(6-7-18)16(24)19-13(5-9-21)15(22)23/h2-3,10,13,21H,4-9H2,1H3,(H,19,24)(H,22,23). The molecule has 1 aliphatic heterocycles. The molecular formula is C18H22N2O5. The average Bonchev–Trinajstić information content (AvgIpc) is 3.28. The molecule has 3 rings (SSSR count). The van der Waals surface area contributed by atoms with Crippen LogP contribution < -0.4 is 10.2 Å². The van der Waals surface area contributed by atoms with Crippen molar-refractivity contribution in [2.45, 2.75) is 38.6 Å². The highest BCUT2D eigenvalue weighted by molar-refractivity contribution is 6.15. The number of aliphatic hydroxyl groups is 1. The fraction of sp³-hybridized carbons (Fsp3) is 0.500. The maximum atomic E-state index is 13.0. The van der Waals surface area contributed by atoms with Gasteiger partial charge >= 0.3 is 5.97 Å². The van der Waals surface area contributed by atoms with Crippen LogP contribution in [0.5, 0.6) is 0 Å². The van der Waals surface area contributed by atoms with E-state index in [1.165, 1.54) is 0 Å². The highest BCUT2D eigenvalue weighted by Gasteiger charge is 2.59. The van der Waals surface area contributed by atoms with Gasteiger partial charge in [0.15, 0.2) is 0 Å². The lowest BCUT2D eigenvalue weighted by atomic mass is 10.0. The van der Waals surface area contributed by atoms with Crippen LogP contribution in [0.3, 0.4) is 0 Å². The number of carboxylic acid groups (broad SMARTS) is 1. The summed E-state index contributed by atoms with van der Waals surface area (Å²) in [5.74, 6) is -2.03. The van der Waals surface area contributed by atoms with Gasteiger partial charge in [0.05, 0.1) is 0 Å². The maximum Gasteiger partial charge on any atom is 0.326 e. The Morgan fingerprint density at radius 3 is 2.64 bits per heavy atom. The van der Waals surface area contributed by atoms with E-state index >= 15 is 0 Å². The Bertz CT molecular complexity index is 726. The number of hydrogen-bond donors (Lipinski definition) is 3. The zero-order valence-electron chi connectivity index (χ0n) is 14.1. The molecule has 0 spiro atoms. The third-order valence-corrected chi connectivity index (χ3v) is 5.00. The van der Waals surface area contributed by atoms with Gasteiger partial charge in [-0.15, -0.1) is 0 Å². The van der Waals surface area contributed by atoms with Crippen molar-refractivity contribution in [3.05, 3.63) is 29.3 Å². The fourth-order valence-electron chi connectivity index (χ4n) is 3.30. The fourth-order valence-corrected chi connectivity index (χ4v) is 3.30. The van der Waals surface area contributed by atoms with E-state index in [9.17, 15) is 14.4 Å². The SMILES string of the molecule is Cc1ccc2c(c1)N(C(=O)C1(C(=O)NC(CCO)C(=O)O)CC1)CC2. The monoisotopic (exact) mass is 346 g/mol. The molecule has 134 valence electrons. The van der Waals surface area contributed by atoms with E-state index in [1.807, 2.05) is 25.1 Å². The van der Waals surface area contributed by atoms with Gasteiger partial charge in [-0.2, -0.15) is 0 Å². The Labute approximate surface area is 145 Å². The Balaban J connectivity index is 1.78. The number of benzene rings is 1. The number of anilines is 1. The van der Waals surface area contributed by atoms with Crippen LogP contribution in [-0.2, 0) is 20.8 Å². The lowest BCUT2D eigenvalue weighted by Crippen LogP contribution is -2.50. The summed E-state index contributed by atoms with van der Waals surface area (Å²) in [5.41, 5.74) is 1.80. The summed E-state index contributed by atoms with van der Waals surface area (Å²) in [6.45, 7) is 2.13. The van der Waals surface area contributed by atoms with E-state index in [2.05, 4.69) is 5.32 Å². The smallest absolute Gasteiger partial charge is 0.326 e. The van der Waals surface area contributed by atoms with E-state index in [-0.39, 0.29) is 18.9 Å². The van der Waals surface area contributed by atoms with Crippen LogP contribution in [0.25, 0.3) is 0 Å². The molecule has 0 saturated heterocycles. The van der Waals surface area contributed by atoms with Crippen molar-refractivity contribution in [1.82, 2.24) is 5.32 Å². The number of carboxylic acids is 1. The summed E-state index contributed by atoms with van der Waals surface area (Å²) in [4.78, 5) is 38.4. The summed E-state index contributed by atoms with van der Waals surface area (Å²) in [5, 5.41) is 20.5. The first kappa shape index (κ1) is 17.4. The predicted octanol–water partition coefficient (Wildman–Crippen LogP) is 0.616. The van der Waals surface area contributed by atoms with Gasteiger partial charge in [0.25, 0.3) is 0 Å². The first-order chi connectivity index (χ1) is 11.9. The molecule has 1 unspecified atom stereocenters. The minimum absolute atomic E-state index is 0.0862. The molecule has 2 aliphatic rings. The van der Waals surface area contributed by atoms with E-state index in [0.29, 0.717) is 19.4 Å². The molecule has 1 aromatic carbocycles. The van der Waals surface area contributed by atoms with Gasteiger partial charge in [0.2, 0.25) is 11.8 Å². The normalized spacial score (nSPS) is 18.4. The molecule has 0 aromatic heterocycles. The van der Waals surface area contributed by atoms with Gasteiger partial charge in [-0.1, -0.05) is 12.1 Å². The zero-order valence-corrected chi connectivity index (χ0v) is 14.1. The number of nitrogens with one attached hydrogen (secondary N) is 1. The number of aliphatic carboxylic acids is 1. The molecule has 1 atom stereocenters. The summed E-state index contributed by atoms with van der Waals surface area (Å²) >= 11 is 0. The van der Waals surface area contributed by atoms with E-state index in [1.54, 1.807) is 4.90 Å². The van der Waals surface area contributed by atoms with Crippen LogP contribution in [0.15, 0.2) is 18.2 Å². The van der Waals surface area contributed by atoms with E-state index in [4.69, 9.17) is 10.2 Å². The molecular weight excluding hydrogens is 324 g/mol. The molecule has 7 heteroatoms. The van der Waals surface area contributed by atoms with Crippen LogP contribution in [0.4, 0.5) is 5.69 Å². The highest BCUT2D eigenvalue weighted by atomic mass is 16.4. The topological polar surface area (TPSA) is 107 Å². The first-order valence-electron chi connectivity index (χ1n) is 8.45. The van der Waals surface area contributed by atoms with E-state index in [0.717, 1.165) is 23.2 Å². The van der Waals surface area contributed by atoms with Gasteiger partial charge < -0.3 is 20.4 Å². The highest BCUT2D eigenvalue weighted by Crippen LogP contribution is 2.49. The zero-order chi connectivity index (χ0) is 18.2. The van der Waals surface area contributed by atoms with Gasteiger partial charge in [-0.25, -0.2) is 4.79 Å².